The van der Waals surface area contributed by atoms with Crippen LogP contribution in [0.25, 0.3) is 0 Å². The Morgan fingerprint density at radius 2 is 1.74 bits per heavy atom. The van der Waals surface area contributed by atoms with Gasteiger partial charge in [-0.25, -0.2) is 9.80 Å². The molecule has 9 nitrogen and oxygen atoms in total. The lowest BCUT2D eigenvalue weighted by Gasteiger charge is -2.54. The fraction of sp³-hybridized carbons (Fsp3) is 0.920. The Morgan fingerprint density at radius 1 is 0.912 bits per heavy atom. The number of fused-ring (bicyclic) bond motifs is 1. The molecule has 0 aromatic carbocycles. The summed E-state index contributed by atoms with van der Waals surface area (Å²) in [5, 5.41) is 9.29. The lowest BCUT2D eigenvalue weighted by Crippen LogP contribution is -2.67. The highest BCUT2D eigenvalue weighted by Gasteiger charge is 2.49. The summed E-state index contributed by atoms with van der Waals surface area (Å²) in [6, 6.07) is 0.786. The van der Waals surface area contributed by atoms with Crippen LogP contribution in [0.1, 0.15) is 65.2 Å². The Bertz CT molecular complexity index is 725. The van der Waals surface area contributed by atoms with Crippen molar-refractivity contribution in [3.8, 4) is 0 Å². The van der Waals surface area contributed by atoms with Crippen LogP contribution in [0.2, 0.25) is 0 Å². The average Bonchev–Trinajstić information content (AvgIpc) is 3.34. The van der Waals surface area contributed by atoms with Crippen molar-refractivity contribution in [2.45, 2.75) is 95.6 Å². The van der Waals surface area contributed by atoms with Crippen molar-refractivity contribution in [3.63, 3.8) is 0 Å². The molecule has 4 heterocycles. The molecule has 3 N–H and O–H groups in total. The first-order valence-electron chi connectivity index (χ1n) is 13.7. The molecule has 1 aliphatic carbocycles. The van der Waals surface area contributed by atoms with Gasteiger partial charge in [-0.3, -0.25) is 15.5 Å². The molecular formula is C25H44N6O3. The molecule has 34 heavy (non-hydrogen) atoms. The fourth-order valence-corrected chi connectivity index (χ4v) is 7.28. The highest BCUT2D eigenvalue weighted by molar-refractivity contribution is 5.75. The van der Waals surface area contributed by atoms with Gasteiger partial charge < -0.3 is 19.9 Å². The Balaban J connectivity index is 1.27. The van der Waals surface area contributed by atoms with Crippen molar-refractivity contribution in [1.82, 2.24) is 30.9 Å². The van der Waals surface area contributed by atoms with Crippen molar-refractivity contribution in [2.24, 2.45) is 11.8 Å². The third-order valence-corrected chi connectivity index (χ3v) is 9.03. The molecule has 4 aliphatic heterocycles. The number of hydrogen-bond donors (Lipinski definition) is 3. The first-order valence-corrected chi connectivity index (χ1v) is 13.7. The van der Waals surface area contributed by atoms with Crippen molar-refractivity contribution in [2.75, 3.05) is 39.3 Å². The first-order chi connectivity index (χ1) is 16.5. The van der Waals surface area contributed by atoms with Crippen LogP contribution in [0.4, 0.5) is 4.79 Å². The van der Waals surface area contributed by atoms with E-state index in [4.69, 9.17) is 4.74 Å². The van der Waals surface area contributed by atoms with Crippen molar-refractivity contribution < 1.29 is 14.3 Å². The second-order valence-corrected chi connectivity index (χ2v) is 11.2. The van der Waals surface area contributed by atoms with E-state index in [1.54, 1.807) is 6.92 Å². The number of piperidine rings is 2. The zero-order chi connectivity index (χ0) is 23.7. The lowest BCUT2D eigenvalue weighted by molar-refractivity contribution is -0.142. The van der Waals surface area contributed by atoms with Gasteiger partial charge in [0, 0.05) is 38.6 Å². The largest absolute Gasteiger partial charge is 0.430 e. The van der Waals surface area contributed by atoms with Gasteiger partial charge >= 0.3 is 6.09 Å². The molecular weight excluding hydrogens is 432 g/mol. The number of hydrogen-bond acceptors (Lipinski definition) is 7. The monoisotopic (exact) mass is 476 g/mol. The van der Waals surface area contributed by atoms with Gasteiger partial charge in [0.05, 0.1) is 12.1 Å². The van der Waals surface area contributed by atoms with E-state index in [1.165, 1.54) is 12.8 Å². The van der Waals surface area contributed by atoms with Gasteiger partial charge in [-0.1, -0.05) is 0 Å². The molecule has 5 fully saturated rings. The minimum Gasteiger partial charge on any atom is -0.430 e. The summed E-state index contributed by atoms with van der Waals surface area (Å²) in [6.45, 7) is 9.54. The summed E-state index contributed by atoms with van der Waals surface area (Å²) in [7, 11) is 0. The number of rotatable bonds is 3. The van der Waals surface area contributed by atoms with Gasteiger partial charge in [0.2, 0.25) is 5.91 Å². The molecule has 9 heteroatoms. The summed E-state index contributed by atoms with van der Waals surface area (Å²) < 4.78 is 5.93. The molecule has 0 radical (unpaired) electrons. The van der Waals surface area contributed by atoms with E-state index in [9.17, 15) is 9.59 Å². The van der Waals surface area contributed by atoms with Gasteiger partial charge in [0.15, 0.2) is 6.23 Å². The Kier molecular flexibility index (Phi) is 7.63. The van der Waals surface area contributed by atoms with Gasteiger partial charge in [-0.2, -0.15) is 0 Å². The van der Waals surface area contributed by atoms with E-state index < -0.39 is 0 Å². The van der Waals surface area contributed by atoms with Crippen molar-refractivity contribution in [1.29, 1.82) is 0 Å². The number of nitrogens with one attached hydrogen (secondary N) is 3. The molecule has 5 unspecified atom stereocenters. The number of amides is 2. The number of carbonyl (C=O) groups is 2. The molecule has 2 amide bonds. The van der Waals surface area contributed by atoms with E-state index in [0.29, 0.717) is 24.4 Å². The van der Waals surface area contributed by atoms with E-state index >= 15 is 0 Å². The van der Waals surface area contributed by atoms with Crippen LogP contribution in [0.3, 0.4) is 0 Å². The van der Waals surface area contributed by atoms with Gasteiger partial charge in [0.1, 0.15) is 0 Å². The third-order valence-electron chi connectivity index (χ3n) is 9.03. The minimum absolute atomic E-state index is 0.0192. The predicted molar refractivity (Wildman–Crippen MR) is 130 cm³/mol. The van der Waals surface area contributed by atoms with Crippen LogP contribution in [-0.2, 0) is 9.53 Å². The normalized spacial score (nSPS) is 37.9. The Morgan fingerprint density at radius 3 is 2.47 bits per heavy atom. The molecule has 6 atom stereocenters. The maximum absolute atomic E-state index is 13.4. The van der Waals surface area contributed by atoms with E-state index in [-0.39, 0.29) is 36.4 Å². The summed E-state index contributed by atoms with van der Waals surface area (Å²) >= 11 is 0. The van der Waals surface area contributed by atoms with Crippen molar-refractivity contribution >= 4 is 12.0 Å². The van der Waals surface area contributed by atoms with Crippen LogP contribution >= 0.6 is 0 Å². The SMILES string of the molecule is CC(=O)N1C2CCC(C3CNN(C4CCNCC4)C3)CC2N(C(=O)OC2CCCCN2)C[C@@H]1C. The summed E-state index contributed by atoms with van der Waals surface area (Å²) in [4.78, 5) is 30.0. The molecule has 192 valence electrons. The van der Waals surface area contributed by atoms with Crippen molar-refractivity contribution in [3.05, 3.63) is 0 Å². The average molecular weight is 477 g/mol. The Hall–Kier alpha value is -1.42. The minimum atomic E-state index is -0.203. The zero-order valence-corrected chi connectivity index (χ0v) is 21.0. The molecule has 1 saturated carbocycles. The second kappa shape index (κ2) is 10.7. The highest BCUT2D eigenvalue weighted by atomic mass is 16.6. The smallest absolute Gasteiger partial charge is 0.411 e. The zero-order valence-electron chi connectivity index (χ0n) is 21.0. The van der Waals surface area contributed by atoms with Crippen LogP contribution in [0.5, 0.6) is 0 Å². The summed E-state index contributed by atoms with van der Waals surface area (Å²) in [5.74, 6) is 1.28. The maximum Gasteiger partial charge on any atom is 0.411 e. The lowest BCUT2D eigenvalue weighted by atomic mass is 9.73. The molecule has 0 bridgehead atoms. The molecule has 0 aromatic rings. The van der Waals surface area contributed by atoms with E-state index in [0.717, 1.165) is 71.2 Å². The highest BCUT2D eigenvalue weighted by Crippen LogP contribution is 2.40. The number of nitrogens with zero attached hydrogens (tertiary/aromatic N) is 3. The first kappa shape index (κ1) is 24.3. The molecule has 4 saturated heterocycles. The van der Waals surface area contributed by atoms with Gasteiger partial charge in [0.25, 0.3) is 0 Å². The van der Waals surface area contributed by atoms with Crippen LogP contribution in [-0.4, -0.2) is 96.5 Å². The molecule has 0 aromatic heterocycles. The molecule has 5 aliphatic rings. The molecule has 0 spiro atoms. The van der Waals surface area contributed by atoms with E-state index in [1.807, 2.05) is 4.90 Å². The second-order valence-electron chi connectivity index (χ2n) is 11.2. The van der Waals surface area contributed by atoms with Gasteiger partial charge in [-0.05, 0) is 89.8 Å². The third kappa shape index (κ3) is 5.08. The number of carbonyl (C=O) groups excluding carboxylic acids is 2. The van der Waals surface area contributed by atoms with Crippen LogP contribution in [0, 0.1) is 11.8 Å². The Labute approximate surface area is 204 Å². The van der Waals surface area contributed by atoms with E-state index in [2.05, 4.69) is 32.9 Å². The number of ether oxygens (including phenoxy) is 1. The number of piperazine rings is 1. The fourth-order valence-electron chi connectivity index (χ4n) is 7.28. The predicted octanol–water partition coefficient (Wildman–Crippen LogP) is 1.50. The van der Waals surface area contributed by atoms with Gasteiger partial charge in [-0.15, -0.1) is 0 Å². The van der Waals surface area contributed by atoms with Crippen LogP contribution < -0.4 is 16.1 Å². The number of hydrazine groups is 1. The topological polar surface area (TPSA) is 89.2 Å². The quantitative estimate of drug-likeness (QED) is 0.569. The maximum atomic E-state index is 13.4. The summed E-state index contributed by atoms with van der Waals surface area (Å²) in [5.41, 5.74) is 3.70. The summed E-state index contributed by atoms with van der Waals surface area (Å²) in [6.07, 6.45) is 8.18. The molecule has 5 rings (SSSR count). The standard InChI is InChI=1S/C25H44N6O3/c1-17-15-29(25(33)34-24-5-3-4-10-27-24)23-13-19(6-7-22(23)31(17)18(2)32)20-14-28-30(16-20)21-8-11-26-12-9-21/h17,19-24,26-28H,3-16H2,1-2H3/t17-,19?,20?,22?,23?,24?/m0/s1. The van der Waals surface area contributed by atoms with Crippen LogP contribution in [0.15, 0.2) is 0 Å².